The maximum Gasteiger partial charge on any atom is 0.351 e. The second kappa shape index (κ2) is 11.6. The van der Waals surface area contributed by atoms with Crippen LogP contribution in [0.1, 0.15) is 47.5 Å². The minimum Gasteiger partial charge on any atom is -0.385 e. The Kier molecular flexibility index (Phi) is 12.2. The molecule has 0 heterocycles. The van der Waals surface area contributed by atoms with Gasteiger partial charge < -0.3 is 21.5 Å². The summed E-state index contributed by atoms with van der Waals surface area (Å²) in [6, 6.07) is -2.37. The van der Waals surface area contributed by atoms with Crippen molar-refractivity contribution < 1.29 is 23.5 Å². The molecule has 0 aliphatic rings. The van der Waals surface area contributed by atoms with Gasteiger partial charge in [0.15, 0.2) is 0 Å². The van der Waals surface area contributed by atoms with Crippen molar-refractivity contribution in [3.63, 3.8) is 0 Å². The Labute approximate surface area is 154 Å². The zero-order chi connectivity index (χ0) is 19.1. The number of carbonyl (C=O) groups is 2. The Morgan fingerprint density at radius 2 is 1.64 bits per heavy atom. The fraction of sp³-hybridized carbons (Fsp3) is 0.875. The molecule has 3 unspecified atom stereocenters. The van der Waals surface area contributed by atoms with Crippen molar-refractivity contribution in [2.24, 2.45) is 17.6 Å². The summed E-state index contributed by atoms with van der Waals surface area (Å²) in [6.45, 7) is 9.22. The Morgan fingerprint density at radius 3 is 2.08 bits per heavy atom. The first-order chi connectivity index (χ1) is 10.9. The molecule has 0 rings (SSSR count). The molecule has 6 nitrogen and oxygen atoms in total. The van der Waals surface area contributed by atoms with Crippen molar-refractivity contribution in [1.29, 1.82) is 0 Å². The van der Waals surface area contributed by atoms with Crippen LogP contribution >= 0.6 is 12.4 Å². The molecule has 2 amide bonds. The van der Waals surface area contributed by atoms with E-state index in [1.54, 1.807) is 13.8 Å². The fourth-order valence-electron chi connectivity index (χ4n) is 2.07. The molecule has 9 heteroatoms. The lowest BCUT2D eigenvalue weighted by atomic mass is 9.96. The van der Waals surface area contributed by atoms with Crippen LogP contribution in [0.25, 0.3) is 0 Å². The van der Waals surface area contributed by atoms with Crippen LogP contribution in [-0.2, 0) is 9.59 Å². The number of amides is 2. The van der Waals surface area contributed by atoms with E-state index in [1.165, 1.54) is 6.92 Å². The summed E-state index contributed by atoms with van der Waals surface area (Å²) >= 11 is 0. The SMILES string of the molecule is CC(C)CCNC(=O)C(C)NC(=O)C(F)(F)C(O)C(N)CC(C)C.Cl. The highest BCUT2D eigenvalue weighted by molar-refractivity contribution is 5.90. The summed E-state index contributed by atoms with van der Waals surface area (Å²) in [5.41, 5.74) is 5.54. The number of hydrogen-bond donors (Lipinski definition) is 4. The van der Waals surface area contributed by atoms with Gasteiger partial charge in [-0.05, 0) is 31.6 Å². The van der Waals surface area contributed by atoms with Gasteiger partial charge in [0, 0.05) is 12.6 Å². The van der Waals surface area contributed by atoms with E-state index in [9.17, 15) is 23.5 Å². The predicted molar refractivity (Wildman–Crippen MR) is 95.7 cm³/mol. The molecule has 0 aromatic rings. The summed E-state index contributed by atoms with van der Waals surface area (Å²) in [6.07, 6.45) is -1.42. The molecule has 3 atom stereocenters. The highest BCUT2D eigenvalue weighted by Gasteiger charge is 2.49. The Bertz CT molecular complexity index is 423. The first kappa shape index (κ1) is 26.2. The molecular formula is C16H32ClF2N3O3. The van der Waals surface area contributed by atoms with Crippen LogP contribution in [0.5, 0.6) is 0 Å². The van der Waals surface area contributed by atoms with Crippen molar-refractivity contribution in [2.75, 3.05) is 6.54 Å². The van der Waals surface area contributed by atoms with E-state index in [4.69, 9.17) is 5.73 Å². The first-order valence-electron chi connectivity index (χ1n) is 8.29. The standard InChI is InChI=1S/C16H31F2N3O3.ClH/c1-9(2)6-7-20-14(23)11(5)21-15(24)16(17,18)13(22)12(19)8-10(3)4;/h9-13,22H,6-8,19H2,1-5H3,(H,20,23)(H,21,24);1H. The zero-order valence-corrected chi connectivity index (χ0v) is 16.3. The van der Waals surface area contributed by atoms with Gasteiger partial charge >= 0.3 is 5.92 Å². The average molecular weight is 388 g/mol. The monoisotopic (exact) mass is 387 g/mol. The van der Waals surface area contributed by atoms with Crippen LogP contribution in [0.15, 0.2) is 0 Å². The lowest BCUT2D eigenvalue weighted by molar-refractivity contribution is -0.167. The smallest absolute Gasteiger partial charge is 0.351 e. The fourth-order valence-corrected chi connectivity index (χ4v) is 2.07. The van der Waals surface area contributed by atoms with Gasteiger partial charge in [0.2, 0.25) is 5.91 Å². The molecule has 150 valence electrons. The van der Waals surface area contributed by atoms with Gasteiger partial charge in [-0.1, -0.05) is 27.7 Å². The third-order valence-electron chi connectivity index (χ3n) is 3.59. The number of rotatable bonds is 10. The van der Waals surface area contributed by atoms with Gasteiger partial charge in [-0.25, -0.2) is 0 Å². The van der Waals surface area contributed by atoms with Gasteiger partial charge in [-0.3, -0.25) is 9.59 Å². The number of halogens is 3. The number of aliphatic hydroxyl groups is 1. The summed E-state index contributed by atoms with van der Waals surface area (Å²) in [5, 5.41) is 14.2. The molecule has 0 spiro atoms. The average Bonchev–Trinajstić information content (AvgIpc) is 2.44. The molecule has 0 aliphatic carbocycles. The number of nitrogens with two attached hydrogens (primary N) is 1. The minimum absolute atomic E-state index is 0. The third kappa shape index (κ3) is 9.32. The van der Waals surface area contributed by atoms with E-state index in [1.807, 2.05) is 19.2 Å². The number of aliphatic hydroxyl groups excluding tert-OH is 1. The highest BCUT2D eigenvalue weighted by atomic mass is 35.5. The van der Waals surface area contributed by atoms with E-state index in [-0.39, 0.29) is 24.7 Å². The van der Waals surface area contributed by atoms with Crippen LogP contribution in [0, 0.1) is 11.8 Å². The Balaban J connectivity index is 0. The summed E-state index contributed by atoms with van der Waals surface area (Å²) in [7, 11) is 0. The molecule has 0 aromatic heterocycles. The second-order valence-corrected chi connectivity index (χ2v) is 7.03. The molecule has 0 aromatic carbocycles. The van der Waals surface area contributed by atoms with E-state index in [0.717, 1.165) is 6.42 Å². The van der Waals surface area contributed by atoms with Crippen molar-refractivity contribution in [3.8, 4) is 0 Å². The first-order valence-corrected chi connectivity index (χ1v) is 8.29. The predicted octanol–water partition coefficient (Wildman–Crippen LogP) is 1.44. The molecule has 0 fully saturated rings. The van der Waals surface area contributed by atoms with E-state index >= 15 is 0 Å². The molecule has 0 saturated carbocycles. The molecule has 0 radical (unpaired) electrons. The van der Waals surface area contributed by atoms with E-state index in [0.29, 0.717) is 12.5 Å². The second-order valence-electron chi connectivity index (χ2n) is 7.03. The van der Waals surface area contributed by atoms with Crippen LogP contribution in [0.4, 0.5) is 8.78 Å². The number of nitrogens with one attached hydrogen (secondary N) is 2. The van der Waals surface area contributed by atoms with Gasteiger partial charge in [0.05, 0.1) is 0 Å². The lowest BCUT2D eigenvalue weighted by Gasteiger charge is -2.28. The largest absolute Gasteiger partial charge is 0.385 e. The molecule has 0 saturated heterocycles. The van der Waals surface area contributed by atoms with Crippen molar-refractivity contribution >= 4 is 24.2 Å². The van der Waals surface area contributed by atoms with Crippen molar-refractivity contribution in [3.05, 3.63) is 0 Å². The number of hydrogen-bond acceptors (Lipinski definition) is 4. The van der Waals surface area contributed by atoms with Crippen LogP contribution in [0.2, 0.25) is 0 Å². The summed E-state index contributed by atoms with van der Waals surface area (Å²) in [5.74, 6) is -5.95. The van der Waals surface area contributed by atoms with E-state index in [2.05, 4.69) is 5.32 Å². The molecular weight excluding hydrogens is 356 g/mol. The third-order valence-corrected chi connectivity index (χ3v) is 3.59. The number of carbonyl (C=O) groups excluding carboxylic acids is 2. The zero-order valence-electron chi connectivity index (χ0n) is 15.5. The Morgan fingerprint density at radius 1 is 1.12 bits per heavy atom. The molecule has 0 bridgehead atoms. The van der Waals surface area contributed by atoms with Crippen LogP contribution in [0.3, 0.4) is 0 Å². The molecule has 25 heavy (non-hydrogen) atoms. The maximum absolute atomic E-state index is 14.0. The maximum atomic E-state index is 14.0. The van der Waals surface area contributed by atoms with Crippen molar-refractivity contribution in [1.82, 2.24) is 10.6 Å². The summed E-state index contributed by atoms with van der Waals surface area (Å²) < 4.78 is 28.0. The lowest BCUT2D eigenvalue weighted by Crippen LogP contribution is -2.58. The quantitative estimate of drug-likeness (QED) is 0.455. The van der Waals surface area contributed by atoms with Gasteiger partial charge in [-0.2, -0.15) is 8.78 Å². The molecule has 0 aliphatic heterocycles. The normalized spacial score (nSPS) is 15.3. The van der Waals surface area contributed by atoms with Gasteiger partial charge in [-0.15, -0.1) is 12.4 Å². The summed E-state index contributed by atoms with van der Waals surface area (Å²) in [4.78, 5) is 23.5. The van der Waals surface area contributed by atoms with Crippen LogP contribution < -0.4 is 16.4 Å². The highest BCUT2D eigenvalue weighted by Crippen LogP contribution is 2.23. The Hall–Kier alpha value is -0.990. The van der Waals surface area contributed by atoms with Gasteiger partial charge in [0.25, 0.3) is 5.91 Å². The van der Waals surface area contributed by atoms with Crippen LogP contribution in [-0.4, -0.2) is 47.6 Å². The van der Waals surface area contributed by atoms with Gasteiger partial charge in [0.1, 0.15) is 12.1 Å². The number of alkyl halides is 2. The minimum atomic E-state index is -4.07. The van der Waals surface area contributed by atoms with Crippen molar-refractivity contribution in [2.45, 2.75) is 71.6 Å². The topological polar surface area (TPSA) is 104 Å². The molecule has 5 N–H and O–H groups in total. The van der Waals surface area contributed by atoms with E-state index < -0.39 is 35.9 Å².